The molecule has 2 rings (SSSR count). The molecule has 0 spiro atoms. The van der Waals surface area contributed by atoms with Gasteiger partial charge in [-0.15, -0.1) is 0 Å². The molecule has 116 valence electrons. The third kappa shape index (κ3) is 4.40. The molecule has 1 aromatic heterocycles. The summed E-state index contributed by atoms with van der Waals surface area (Å²) in [4.78, 5) is 21.5. The number of aldehydes is 1. The summed E-state index contributed by atoms with van der Waals surface area (Å²) < 4.78 is 0. The highest BCUT2D eigenvalue weighted by Gasteiger charge is 2.08. The Morgan fingerprint density at radius 1 is 1.27 bits per heavy atom. The Morgan fingerprint density at radius 3 is 2.59 bits per heavy atom. The Kier molecular flexibility index (Phi) is 7.26. The summed E-state index contributed by atoms with van der Waals surface area (Å²) in [6.45, 7) is 5.86. The van der Waals surface area contributed by atoms with Crippen LogP contribution in [0, 0.1) is 0 Å². The molecule has 0 saturated heterocycles. The zero-order valence-corrected chi connectivity index (χ0v) is 14.0. The van der Waals surface area contributed by atoms with E-state index < -0.39 is 0 Å². The molecule has 0 bridgehead atoms. The number of hydrogen-bond donors (Lipinski definition) is 0. The maximum Gasteiger partial charge on any atom is 0.153 e. The van der Waals surface area contributed by atoms with Gasteiger partial charge in [0.15, 0.2) is 6.29 Å². The van der Waals surface area contributed by atoms with E-state index in [2.05, 4.69) is 9.98 Å². The van der Waals surface area contributed by atoms with Crippen LogP contribution in [0.2, 0.25) is 5.02 Å². The van der Waals surface area contributed by atoms with Crippen LogP contribution in [0.4, 0.5) is 11.4 Å². The average Bonchev–Trinajstić information content (AvgIpc) is 2.57. The summed E-state index contributed by atoms with van der Waals surface area (Å²) in [6.07, 6.45) is 4.18. The number of aromatic nitrogens is 1. The second-order valence-electron chi connectivity index (χ2n) is 4.22. The van der Waals surface area contributed by atoms with Crippen molar-refractivity contribution < 1.29 is 4.79 Å². The van der Waals surface area contributed by atoms with Gasteiger partial charge in [0.1, 0.15) is 5.84 Å². The summed E-state index contributed by atoms with van der Waals surface area (Å²) in [6, 6.07) is 8.99. The molecule has 0 fully saturated rings. The van der Waals surface area contributed by atoms with Crippen molar-refractivity contribution >= 4 is 35.1 Å². The first-order chi connectivity index (χ1) is 10.6. The van der Waals surface area contributed by atoms with Gasteiger partial charge in [0.2, 0.25) is 0 Å². The molecular weight excluding hydrogens is 298 g/mol. The van der Waals surface area contributed by atoms with Crippen LogP contribution >= 0.6 is 11.6 Å². The summed E-state index contributed by atoms with van der Waals surface area (Å²) in [5, 5.41) is 0.401. The number of halogens is 1. The number of carbonyl (C=O) groups is 1. The van der Waals surface area contributed by atoms with Gasteiger partial charge < -0.3 is 4.90 Å². The number of hydrogen-bond acceptors (Lipinski definition) is 3. The minimum atomic E-state index is 0.396. The first-order valence-electron chi connectivity index (χ1n) is 7.06. The van der Waals surface area contributed by atoms with E-state index in [0.717, 1.165) is 17.8 Å². The molecule has 5 heteroatoms. The molecule has 0 aliphatic carbocycles. The minimum absolute atomic E-state index is 0.396. The van der Waals surface area contributed by atoms with Gasteiger partial charge in [0.25, 0.3) is 0 Å². The van der Waals surface area contributed by atoms with E-state index in [1.165, 1.54) is 0 Å². The lowest BCUT2D eigenvalue weighted by atomic mass is 10.2. The van der Waals surface area contributed by atoms with Crippen LogP contribution < -0.4 is 4.90 Å². The highest BCUT2D eigenvalue weighted by Crippen LogP contribution is 2.25. The Balaban J connectivity index is 0.00000116. The Hall–Kier alpha value is -2.20. The highest BCUT2D eigenvalue weighted by atomic mass is 35.5. The van der Waals surface area contributed by atoms with Gasteiger partial charge in [-0.25, -0.2) is 4.99 Å². The van der Waals surface area contributed by atoms with Crippen LogP contribution in [-0.2, 0) is 0 Å². The Bertz CT molecular complexity index is 642. The molecular formula is C17H20ClN3O. The van der Waals surface area contributed by atoms with E-state index in [4.69, 9.17) is 11.6 Å². The lowest BCUT2D eigenvalue weighted by molar-refractivity contribution is 0.112. The summed E-state index contributed by atoms with van der Waals surface area (Å²) in [7, 11) is 1.89. The fraction of sp³-hybridized carbons (Fsp3) is 0.235. The number of benzene rings is 1. The highest BCUT2D eigenvalue weighted by molar-refractivity contribution is 6.33. The number of pyridine rings is 1. The third-order valence-electron chi connectivity index (χ3n) is 2.95. The molecule has 0 saturated carbocycles. The standard InChI is InChI=1S/C15H14ClN3O.C2H6/c1-11(19(2)12-5-4-8-17-9-12)18-15-7-3-6-14(16)13(15)10-20;1-2/h3-10H,1-2H3;1-2H3. The first-order valence-corrected chi connectivity index (χ1v) is 7.44. The van der Waals surface area contributed by atoms with Gasteiger partial charge in [-0.2, -0.15) is 0 Å². The van der Waals surface area contributed by atoms with Crippen molar-refractivity contribution in [2.24, 2.45) is 4.99 Å². The summed E-state index contributed by atoms with van der Waals surface area (Å²) in [5.41, 5.74) is 1.87. The third-order valence-corrected chi connectivity index (χ3v) is 3.28. The smallest absolute Gasteiger partial charge is 0.153 e. The monoisotopic (exact) mass is 317 g/mol. The van der Waals surface area contributed by atoms with E-state index in [1.807, 2.05) is 44.9 Å². The quantitative estimate of drug-likeness (QED) is 0.466. The lowest BCUT2D eigenvalue weighted by Gasteiger charge is -2.18. The normalized spacial score (nSPS) is 10.5. The van der Waals surface area contributed by atoms with Crippen molar-refractivity contribution in [1.29, 1.82) is 0 Å². The number of rotatable bonds is 3. The second-order valence-corrected chi connectivity index (χ2v) is 4.63. The summed E-state index contributed by atoms with van der Waals surface area (Å²) in [5.74, 6) is 0.739. The number of amidine groups is 1. The molecule has 0 aliphatic rings. The van der Waals surface area contributed by atoms with E-state index in [9.17, 15) is 4.79 Å². The molecule has 0 amide bonds. The second kappa shape index (κ2) is 8.95. The molecule has 1 aromatic carbocycles. The van der Waals surface area contributed by atoms with Gasteiger partial charge >= 0.3 is 0 Å². The van der Waals surface area contributed by atoms with Crippen molar-refractivity contribution in [1.82, 2.24) is 4.98 Å². The maximum atomic E-state index is 11.1. The number of aliphatic imine (C=N–C) groups is 1. The van der Waals surface area contributed by atoms with E-state index >= 15 is 0 Å². The molecule has 1 heterocycles. The zero-order chi connectivity index (χ0) is 16.5. The van der Waals surface area contributed by atoms with Crippen LogP contribution in [0.3, 0.4) is 0 Å². The lowest BCUT2D eigenvalue weighted by Crippen LogP contribution is -2.23. The van der Waals surface area contributed by atoms with Crippen molar-refractivity contribution in [3.63, 3.8) is 0 Å². The van der Waals surface area contributed by atoms with Gasteiger partial charge in [-0.1, -0.05) is 31.5 Å². The topological polar surface area (TPSA) is 45.6 Å². The fourth-order valence-electron chi connectivity index (χ4n) is 1.73. The maximum absolute atomic E-state index is 11.1. The van der Waals surface area contributed by atoms with E-state index in [0.29, 0.717) is 16.3 Å². The van der Waals surface area contributed by atoms with Crippen molar-refractivity contribution in [3.8, 4) is 0 Å². The van der Waals surface area contributed by atoms with E-state index in [1.54, 1.807) is 30.6 Å². The SMILES string of the molecule is CC.CC(=Nc1cccc(Cl)c1C=O)N(C)c1cccnc1. The molecule has 0 radical (unpaired) electrons. The average molecular weight is 318 g/mol. The molecule has 22 heavy (non-hydrogen) atoms. The van der Waals surface area contributed by atoms with Crippen molar-refractivity contribution in [2.45, 2.75) is 20.8 Å². The van der Waals surface area contributed by atoms with Crippen LogP contribution in [0.25, 0.3) is 0 Å². The van der Waals surface area contributed by atoms with E-state index in [-0.39, 0.29) is 0 Å². The molecule has 0 N–H and O–H groups in total. The molecule has 0 aliphatic heterocycles. The predicted molar refractivity (Wildman–Crippen MR) is 93.6 cm³/mol. The largest absolute Gasteiger partial charge is 0.332 e. The van der Waals surface area contributed by atoms with Gasteiger partial charge in [0.05, 0.1) is 28.2 Å². The minimum Gasteiger partial charge on any atom is -0.332 e. The fourth-order valence-corrected chi connectivity index (χ4v) is 1.94. The van der Waals surface area contributed by atoms with Gasteiger partial charge in [0, 0.05) is 13.2 Å². The molecule has 2 aromatic rings. The van der Waals surface area contributed by atoms with Crippen LogP contribution in [0.5, 0.6) is 0 Å². The number of carbonyl (C=O) groups excluding carboxylic acids is 1. The summed E-state index contributed by atoms with van der Waals surface area (Å²) >= 11 is 5.99. The van der Waals surface area contributed by atoms with Crippen LogP contribution in [0.1, 0.15) is 31.1 Å². The Labute approximate surface area is 136 Å². The van der Waals surface area contributed by atoms with Crippen LogP contribution in [-0.4, -0.2) is 24.2 Å². The van der Waals surface area contributed by atoms with Gasteiger partial charge in [-0.05, 0) is 31.2 Å². The zero-order valence-electron chi connectivity index (χ0n) is 13.2. The Morgan fingerprint density at radius 2 is 2.00 bits per heavy atom. The predicted octanol–water partition coefficient (Wildman–Crippen LogP) is 4.76. The number of nitrogens with zero attached hydrogens (tertiary/aromatic N) is 3. The number of anilines is 1. The molecule has 0 unspecified atom stereocenters. The molecule has 4 nitrogen and oxygen atoms in total. The van der Waals surface area contributed by atoms with Crippen LogP contribution in [0.15, 0.2) is 47.7 Å². The van der Waals surface area contributed by atoms with Gasteiger partial charge in [-0.3, -0.25) is 9.78 Å². The molecule has 0 atom stereocenters. The van der Waals surface area contributed by atoms with Crippen molar-refractivity contribution in [3.05, 3.63) is 53.3 Å². The first kappa shape index (κ1) is 17.9. The van der Waals surface area contributed by atoms with Crippen molar-refractivity contribution in [2.75, 3.05) is 11.9 Å².